The number of rotatable bonds is 4. The normalized spacial score (nSPS) is 19.2. The molecule has 0 spiro atoms. The third kappa shape index (κ3) is 2.06. The van der Waals surface area contributed by atoms with Gasteiger partial charge in [-0.25, -0.2) is 0 Å². The van der Waals surface area contributed by atoms with Crippen LogP contribution in [-0.4, -0.2) is 40.9 Å². The molecule has 15 heavy (non-hydrogen) atoms. The van der Waals surface area contributed by atoms with Gasteiger partial charge in [-0.05, 0) is 20.9 Å². The molecule has 1 N–H and O–H groups in total. The van der Waals surface area contributed by atoms with Crippen molar-refractivity contribution in [3.8, 4) is 0 Å². The highest BCUT2D eigenvalue weighted by Gasteiger charge is 2.26. The van der Waals surface area contributed by atoms with Gasteiger partial charge in [0.15, 0.2) is 0 Å². The fourth-order valence-electron chi connectivity index (χ4n) is 1.88. The summed E-state index contributed by atoms with van der Waals surface area (Å²) in [6, 6.07) is 1.14. The predicted octanol–water partition coefficient (Wildman–Crippen LogP) is 0.868. The van der Waals surface area contributed by atoms with E-state index in [2.05, 4.69) is 42.4 Å². The molecule has 0 saturated carbocycles. The highest BCUT2D eigenvalue weighted by atomic mass is 15.3. The van der Waals surface area contributed by atoms with Gasteiger partial charge in [0.25, 0.3) is 0 Å². The molecular formula is C11H20N4. The fraction of sp³-hybridized carbons (Fsp3) is 0.727. The standard InChI is InChI=1S/C11H20N4/c1-4-15-8-10(5-13-15)9(2)14(3)11-6-12-7-11/h5,8-9,11-12H,4,6-7H2,1-3H3. The highest BCUT2D eigenvalue weighted by Crippen LogP contribution is 2.21. The zero-order chi connectivity index (χ0) is 10.8. The summed E-state index contributed by atoms with van der Waals surface area (Å²) >= 11 is 0. The van der Waals surface area contributed by atoms with Crippen molar-refractivity contribution >= 4 is 0 Å². The van der Waals surface area contributed by atoms with Gasteiger partial charge in [0.1, 0.15) is 0 Å². The Morgan fingerprint density at radius 3 is 2.87 bits per heavy atom. The molecule has 1 atom stereocenters. The van der Waals surface area contributed by atoms with Gasteiger partial charge >= 0.3 is 0 Å². The zero-order valence-corrected chi connectivity index (χ0v) is 9.77. The molecule has 0 aliphatic carbocycles. The number of hydrogen-bond donors (Lipinski definition) is 1. The van der Waals surface area contributed by atoms with E-state index < -0.39 is 0 Å². The molecule has 0 aromatic carbocycles. The van der Waals surface area contributed by atoms with Crippen LogP contribution >= 0.6 is 0 Å². The quantitative estimate of drug-likeness (QED) is 0.797. The molecule has 0 amide bonds. The van der Waals surface area contributed by atoms with Crippen LogP contribution < -0.4 is 5.32 Å². The first-order valence-electron chi connectivity index (χ1n) is 5.67. The van der Waals surface area contributed by atoms with E-state index in [1.807, 2.05) is 10.9 Å². The molecule has 1 aromatic rings. The number of aryl methyl sites for hydroxylation is 1. The second-order valence-electron chi connectivity index (χ2n) is 4.28. The molecular weight excluding hydrogens is 188 g/mol. The van der Waals surface area contributed by atoms with E-state index in [4.69, 9.17) is 0 Å². The second-order valence-corrected chi connectivity index (χ2v) is 4.28. The molecule has 84 valence electrons. The maximum absolute atomic E-state index is 4.32. The van der Waals surface area contributed by atoms with Crippen LogP contribution in [-0.2, 0) is 6.54 Å². The second kappa shape index (κ2) is 4.33. The number of hydrogen-bond acceptors (Lipinski definition) is 3. The topological polar surface area (TPSA) is 33.1 Å². The van der Waals surface area contributed by atoms with Crippen molar-refractivity contribution in [3.05, 3.63) is 18.0 Å². The van der Waals surface area contributed by atoms with Gasteiger partial charge in [-0.1, -0.05) is 0 Å². The molecule has 1 unspecified atom stereocenters. The van der Waals surface area contributed by atoms with Gasteiger partial charge < -0.3 is 5.32 Å². The van der Waals surface area contributed by atoms with Crippen molar-refractivity contribution < 1.29 is 0 Å². The Balaban J connectivity index is 2.02. The first-order valence-corrected chi connectivity index (χ1v) is 5.67. The van der Waals surface area contributed by atoms with Crippen LogP contribution in [0.2, 0.25) is 0 Å². The number of likely N-dealkylation sites (N-methyl/N-ethyl adjacent to an activating group) is 1. The summed E-state index contributed by atoms with van der Waals surface area (Å²) in [6.07, 6.45) is 4.13. The molecule has 2 rings (SSSR count). The summed E-state index contributed by atoms with van der Waals surface area (Å²) in [5, 5.41) is 7.62. The third-order valence-electron chi connectivity index (χ3n) is 3.41. The lowest BCUT2D eigenvalue weighted by Crippen LogP contribution is -2.56. The lowest BCUT2D eigenvalue weighted by Gasteiger charge is -2.39. The van der Waals surface area contributed by atoms with Gasteiger partial charge in [-0.3, -0.25) is 9.58 Å². The predicted molar refractivity (Wildman–Crippen MR) is 60.7 cm³/mol. The van der Waals surface area contributed by atoms with Gasteiger partial charge in [0, 0.05) is 43.5 Å². The SMILES string of the molecule is CCn1cc(C(C)N(C)C2CNC2)cn1. The average Bonchev–Trinajstić information content (AvgIpc) is 2.61. The van der Waals surface area contributed by atoms with E-state index in [0.29, 0.717) is 12.1 Å². The highest BCUT2D eigenvalue weighted by molar-refractivity contribution is 5.10. The largest absolute Gasteiger partial charge is 0.314 e. The van der Waals surface area contributed by atoms with E-state index in [1.165, 1.54) is 5.56 Å². The van der Waals surface area contributed by atoms with Crippen LogP contribution in [0.25, 0.3) is 0 Å². The van der Waals surface area contributed by atoms with Crippen LogP contribution in [0.15, 0.2) is 12.4 Å². The Bertz CT molecular complexity index is 316. The van der Waals surface area contributed by atoms with Crippen molar-refractivity contribution in [2.45, 2.75) is 32.5 Å². The van der Waals surface area contributed by atoms with Gasteiger partial charge in [0.2, 0.25) is 0 Å². The first-order chi connectivity index (χ1) is 7.22. The van der Waals surface area contributed by atoms with Crippen LogP contribution in [0.5, 0.6) is 0 Å². The van der Waals surface area contributed by atoms with Gasteiger partial charge in [0.05, 0.1) is 6.20 Å². The molecule has 1 saturated heterocycles. The van der Waals surface area contributed by atoms with Crippen molar-refractivity contribution in [1.82, 2.24) is 20.0 Å². The number of aromatic nitrogens is 2. The summed E-state index contributed by atoms with van der Waals surface area (Å²) < 4.78 is 1.98. The Kier molecular flexibility index (Phi) is 3.07. The minimum atomic E-state index is 0.456. The fourth-order valence-corrected chi connectivity index (χ4v) is 1.88. The van der Waals surface area contributed by atoms with Crippen LogP contribution in [0.1, 0.15) is 25.5 Å². The first kappa shape index (κ1) is 10.6. The van der Waals surface area contributed by atoms with Gasteiger partial charge in [-0.2, -0.15) is 5.10 Å². The molecule has 2 heterocycles. The van der Waals surface area contributed by atoms with Crippen LogP contribution in [0.4, 0.5) is 0 Å². The zero-order valence-electron chi connectivity index (χ0n) is 9.77. The van der Waals surface area contributed by atoms with Gasteiger partial charge in [-0.15, -0.1) is 0 Å². The van der Waals surface area contributed by atoms with Crippen molar-refractivity contribution in [3.63, 3.8) is 0 Å². The summed E-state index contributed by atoms with van der Waals surface area (Å²) in [7, 11) is 2.19. The van der Waals surface area contributed by atoms with E-state index in [9.17, 15) is 0 Å². The summed E-state index contributed by atoms with van der Waals surface area (Å²) in [5.41, 5.74) is 1.31. The molecule has 4 nitrogen and oxygen atoms in total. The lowest BCUT2D eigenvalue weighted by atomic mass is 10.1. The Hall–Kier alpha value is -0.870. The van der Waals surface area contributed by atoms with Crippen LogP contribution in [0.3, 0.4) is 0 Å². The van der Waals surface area contributed by atoms with E-state index in [1.54, 1.807) is 0 Å². The molecule has 1 aliphatic heterocycles. The minimum absolute atomic E-state index is 0.456. The maximum atomic E-state index is 4.32. The monoisotopic (exact) mass is 208 g/mol. The molecule has 4 heteroatoms. The Morgan fingerprint density at radius 2 is 2.40 bits per heavy atom. The smallest absolute Gasteiger partial charge is 0.0537 e. The number of nitrogens with zero attached hydrogens (tertiary/aromatic N) is 3. The average molecular weight is 208 g/mol. The van der Waals surface area contributed by atoms with Crippen molar-refractivity contribution in [1.29, 1.82) is 0 Å². The van der Waals surface area contributed by atoms with Crippen LogP contribution in [0, 0.1) is 0 Å². The lowest BCUT2D eigenvalue weighted by molar-refractivity contribution is 0.136. The number of nitrogens with one attached hydrogen (secondary N) is 1. The van der Waals surface area contributed by atoms with E-state index in [-0.39, 0.29) is 0 Å². The molecule has 1 aliphatic rings. The Morgan fingerprint density at radius 1 is 1.67 bits per heavy atom. The molecule has 0 radical (unpaired) electrons. The summed E-state index contributed by atoms with van der Waals surface area (Å²) in [6.45, 7) is 7.53. The molecule has 1 aromatic heterocycles. The summed E-state index contributed by atoms with van der Waals surface area (Å²) in [5.74, 6) is 0. The molecule has 0 bridgehead atoms. The molecule has 1 fully saturated rings. The van der Waals surface area contributed by atoms with Crippen molar-refractivity contribution in [2.75, 3.05) is 20.1 Å². The summed E-state index contributed by atoms with van der Waals surface area (Å²) in [4.78, 5) is 2.42. The van der Waals surface area contributed by atoms with E-state index >= 15 is 0 Å². The van der Waals surface area contributed by atoms with Crippen molar-refractivity contribution in [2.24, 2.45) is 0 Å². The third-order valence-corrected chi connectivity index (χ3v) is 3.41. The van der Waals surface area contributed by atoms with E-state index in [0.717, 1.165) is 19.6 Å². The maximum Gasteiger partial charge on any atom is 0.0537 e. The Labute approximate surface area is 91.3 Å². The minimum Gasteiger partial charge on any atom is -0.314 e.